The number of aromatic nitrogens is 2. The summed E-state index contributed by atoms with van der Waals surface area (Å²) in [5, 5.41) is 12.9. The zero-order valence-electron chi connectivity index (χ0n) is 10.0. The second kappa shape index (κ2) is 6.01. The van der Waals surface area contributed by atoms with E-state index in [0.29, 0.717) is 24.2 Å². The standard InChI is InChI=1S/C11H15N3O3S/c1-18-11-12-6-8(10(15)16)9(14-11)13-7-2-4-17-5-3-7/h6-7H,2-5H2,1H3,(H,15,16)(H,12,13,14). The van der Waals surface area contributed by atoms with Gasteiger partial charge in [-0.05, 0) is 19.1 Å². The second-order valence-electron chi connectivity index (χ2n) is 3.96. The Morgan fingerprint density at radius 3 is 2.89 bits per heavy atom. The maximum Gasteiger partial charge on any atom is 0.341 e. The summed E-state index contributed by atoms with van der Waals surface area (Å²) in [6, 6.07) is 0.210. The summed E-state index contributed by atoms with van der Waals surface area (Å²) in [4.78, 5) is 19.3. The molecule has 0 amide bonds. The van der Waals surface area contributed by atoms with E-state index in [1.54, 1.807) is 0 Å². The maximum atomic E-state index is 11.1. The molecule has 98 valence electrons. The van der Waals surface area contributed by atoms with Crippen LogP contribution in [0.1, 0.15) is 23.2 Å². The second-order valence-corrected chi connectivity index (χ2v) is 4.73. The molecule has 0 spiro atoms. The summed E-state index contributed by atoms with van der Waals surface area (Å²) in [5.74, 6) is -0.619. The Labute approximate surface area is 109 Å². The largest absolute Gasteiger partial charge is 0.477 e. The fourth-order valence-electron chi connectivity index (χ4n) is 1.77. The van der Waals surface area contributed by atoms with Gasteiger partial charge in [-0.3, -0.25) is 0 Å². The minimum atomic E-state index is -1.02. The highest BCUT2D eigenvalue weighted by Crippen LogP contribution is 2.20. The van der Waals surface area contributed by atoms with Crippen molar-refractivity contribution in [2.45, 2.75) is 24.0 Å². The van der Waals surface area contributed by atoms with E-state index >= 15 is 0 Å². The highest BCUT2D eigenvalue weighted by molar-refractivity contribution is 7.98. The summed E-state index contributed by atoms with van der Waals surface area (Å²) < 4.78 is 5.27. The molecule has 2 N–H and O–H groups in total. The number of carboxylic acids is 1. The van der Waals surface area contributed by atoms with Crippen molar-refractivity contribution in [2.24, 2.45) is 0 Å². The van der Waals surface area contributed by atoms with E-state index in [0.717, 1.165) is 12.8 Å². The number of rotatable bonds is 4. The monoisotopic (exact) mass is 269 g/mol. The molecule has 0 aromatic carbocycles. The SMILES string of the molecule is CSc1ncc(C(=O)O)c(NC2CCOCC2)n1. The molecule has 0 saturated carbocycles. The molecular weight excluding hydrogens is 254 g/mol. The molecule has 18 heavy (non-hydrogen) atoms. The highest BCUT2D eigenvalue weighted by atomic mass is 32.2. The molecule has 1 aromatic rings. The van der Waals surface area contributed by atoms with Crippen molar-refractivity contribution in [3.63, 3.8) is 0 Å². The molecule has 2 rings (SSSR count). The highest BCUT2D eigenvalue weighted by Gasteiger charge is 2.19. The number of anilines is 1. The topological polar surface area (TPSA) is 84.3 Å². The van der Waals surface area contributed by atoms with E-state index in [1.807, 2.05) is 6.26 Å². The van der Waals surface area contributed by atoms with Crippen LogP contribution < -0.4 is 5.32 Å². The van der Waals surface area contributed by atoms with Crippen molar-refractivity contribution < 1.29 is 14.6 Å². The first-order chi connectivity index (χ1) is 8.70. The van der Waals surface area contributed by atoms with Crippen LogP contribution in [0.5, 0.6) is 0 Å². The lowest BCUT2D eigenvalue weighted by atomic mass is 10.1. The van der Waals surface area contributed by atoms with Crippen LogP contribution in [0.4, 0.5) is 5.82 Å². The van der Waals surface area contributed by atoms with E-state index in [9.17, 15) is 4.79 Å². The molecule has 7 heteroatoms. The molecule has 1 fully saturated rings. The molecule has 0 atom stereocenters. The van der Waals surface area contributed by atoms with E-state index in [-0.39, 0.29) is 11.6 Å². The maximum absolute atomic E-state index is 11.1. The molecule has 0 bridgehead atoms. The van der Waals surface area contributed by atoms with Crippen LogP contribution in [0.3, 0.4) is 0 Å². The van der Waals surface area contributed by atoms with E-state index in [2.05, 4.69) is 15.3 Å². The van der Waals surface area contributed by atoms with E-state index in [1.165, 1.54) is 18.0 Å². The van der Waals surface area contributed by atoms with Gasteiger partial charge in [-0.25, -0.2) is 14.8 Å². The van der Waals surface area contributed by atoms with Gasteiger partial charge in [0, 0.05) is 25.5 Å². The number of hydrogen-bond donors (Lipinski definition) is 2. The first-order valence-electron chi connectivity index (χ1n) is 5.69. The first kappa shape index (κ1) is 13.1. The third-order valence-electron chi connectivity index (χ3n) is 2.74. The molecule has 1 saturated heterocycles. The molecule has 1 aromatic heterocycles. The van der Waals surface area contributed by atoms with Gasteiger partial charge in [-0.1, -0.05) is 11.8 Å². The summed E-state index contributed by atoms with van der Waals surface area (Å²) in [7, 11) is 0. The van der Waals surface area contributed by atoms with Gasteiger partial charge in [0.2, 0.25) is 0 Å². The van der Waals surface area contributed by atoms with Crippen LogP contribution in [0.15, 0.2) is 11.4 Å². The van der Waals surface area contributed by atoms with E-state index in [4.69, 9.17) is 9.84 Å². The van der Waals surface area contributed by atoms with Crippen molar-refractivity contribution in [3.05, 3.63) is 11.8 Å². The lowest BCUT2D eigenvalue weighted by Gasteiger charge is -2.24. The Kier molecular flexibility index (Phi) is 4.38. The zero-order chi connectivity index (χ0) is 13.0. The van der Waals surface area contributed by atoms with E-state index < -0.39 is 5.97 Å². The fraction of sp³-hybridized carbons (Fsp3) is 0.545. The minimum absolute atomic E-state index is 0.110. The normalized spacial score (nSPS) is 16.5. The van der Waals surface area contributed by atoms with Crippen LogP contribution in [-0.2, 0) is 4.74 Å². The first-order valence-corrected chi connectivity index (χ1v) is 6.92. The summed E-state index contributed by atoms with van der Waals surface area (Å²) >= 11 is 1.39. The number of carboxylic acid groups (broad SMARTS) is 1. The quantitative estimate of drug-likeness (QED) is 0.632. The smallest absolute Gasteiger partial charge is 0.341 e. The Bertz CT molecular complexity index is 436. The van der Waals surface area contributed by atoms with Gasteiger partial charge < -0.3 is 15.2 Å². The Balaban J connectivity index is 2.19. The third-order valence-corrected chi connectivity index (χ3v) is 3.30. The fourth-order valence-corrected chi connectivity index (χ4v) is 2.11. The number of thioether (sulfide) groups is 1. The third kappa shape index (κ3) is 3.11. The molecule has 0 radical (unpaired) electrons. The predicted octanol–water partition coefficient (Wildman–Crippen LogP) is 1.49. The Morgan fingerprint density at radius 1 is 1.56 bits per heavy atom. The number of carbonyl (C=O) groups is 1. The van der Waals surface area contributed by atoms with Gasteiger partial charge in [-0.15, -0.1) is 0 Å². The molecule has 2 heterocycles. The number of hydrogen-bond acceptors (Lipinski definition) is 6. The molecular formula is C11H15N3O3S. The van der Waals surface area contributed by atoms with Crippen molar-refractivity contribution in [2.75, 3.05) is 24.8 Å². The molecule has 1 aliphatic rings. The van der Waals surface area contributed by atoms with Gasteiger partial charge in [-0.2, -0.15) is 0 Å². The van der Waals surface area contributed by atoms with Crippen molar-refractivity contribution in [1.29, 1.82) is 0 Å². The van der Waals surface area contributed by atoms with Crippen LogP contribution in [0, 0.1) is 0 Å². The minimum Gasteiger partial charge on any atom is -0.477 e. The number of nitrogens with one attached hydrogen (secondary N) is 1. The van der Waals surface area contributed by atoms with Gasteiger partial charge in [0.1, 0.15) is 11.4 Å². The average Bonchev–Trinajstić information content (AvgIpc) is 2.39. The van der Waals surface area contributed by atoms with Gasteiger partial charge in [0.25, 0.3) is 0 Å². The van der Waals surface area contributed by atoms with Crippen molar-refractivity contribution in [3.8, 4) is 0 Å². The average molecular weight is 269 g/mol. The summed E-state index contributed by atoms with van der Waals surface area (Å²) in [5.41, 5.74) is 0.110. The Hall–Kier alpha value is -1.34. The summed E-state index contributed by atoms with van der Waals surface area (Å²) in [6.07, 6.45) is 4.92. The van der Waals surface area contributed by atoms with Gasteiger partial charge in [0.05, 0.1) is 0 Å². The number of aromatic carboxylic acids is 1. The number of nitrogens with zero attached hydrogens (tertiary/aromatic N) is 2. The van der Waals surface area contributed by atoms with Crippen LogP contribution in [0.2, 0.25) is 0 Å². The lowest BCUT2D eigenvalue weighted by molar-refractivity contribution is 0.0696. The Morgan fingerprint density at radius 2 is 2.28 bits per heavy atom. The number of ether oxygens (including phenoxy) is 1. The molecule has 6 nitrogen and oxygen atoms in total. The lowest BCUT2D eigenvalue weighted by Crippen LogP contribution is -2.29. The van der Waals surface area contributed by atoms with Crippen molar-refractivity contribution >= 4 is 23.5 Å². The molecule has 0 aliphatic carbocycles. The van der Waals surface area contributed by atoms with Gasteiger partial charge >= 0.3 is 5.97 Å². The van der Waals surface area contributed by atoms with Gasteiger partial charge in [0.15, 0.2) is 5.16 Å². The molecule has 1 aliphatic heterocycles. The predicted molar refractivity (Wildman–Crippen MR) is 68.2 cm³/mol. The van der Waals surface area contributed by atoms with Crippen LogP contribution in [0.25, 0.3) is 0 Å². The zero-order valence-corrected chi connectivity index (χ0v) is 10.9. The van der Waals surface area contributed by atoms with Crippen LogP contribution >= 0.6 is 11.8 Å². The van der Waals surface area contributed by atoms with Crippen molar-refractivity contribution in [1.82, 2.24) is 9.97 Å². The van der Waals surface area contributed by atoms with Crippen LogP contribution in [-0.4, -0.2) is 46.6 Å². The molecule has 0 unspecified atom stereocenters. The summed E-state index contributed by atoms with van der Waals surface area (Å²) in [6.45, 7) is 1.39.